The van der Waals surface area contributed by atoms with Crippen LogP contribution in [0.2, 0.25) is 5.02 Å². The highest BCUT2D eigenvalue weighted by molar-refractivity contribution is 7.99. The van der Waals surface area contributed by atoms with Crippen LogP contribution in [-0.2, 0) is 11.3 Å². The molecular weight excluding hydrogens is 398 g/mol. The van der Waals surface area contributed by atoms with E-state index in [1.54, 1.807) is 55.7 Å². The zero-order chi connectivity index (χ0) is 20.1. The van der Waals surface area contributed by atoms with Crippen molar-refractivity contribution in [2.45, 2.75) is 11.7 Å². The van der Waals surface area contributed by atoms with E-state index in [1.165, 1.54) is 16.3 Å². The highest BCUT2D eigenvalue weighted by atomic mass is 35.5. The summed E-state index contributed by atoms with van der Waals surface area (Å²) in [6.07, 6.45) is 1.61. The molecule has 0 atom stereocenters. The van der Waals surface area contributed by atoms with E-state index in [9.17, 15) is 9.59 Å². The minimum atomic E-state index is -0.217. The zero-order valence-corrected chi connectivity index (χ0v) is 16.7. The Hall–Kier alpha value is -2.77. The Morgan fingerprint density at radius 1 is 1.32 bits per heavy atom. The largest absolute Gasteiger partial charge is 0.497 e. The van der Waals surface area contributed by atoms with Crippen molar-refractivity contribution in [2.24, 2.45) is 0 Å². The fourth-order valence-electron chi connectivity index (χ4n) is 2.57. The number of thioether (sulfide) groups is 1. The molecule has 0 aliphatic heterocycles. The lowest BCUT2D eigenvalue weighted by Crippen LogP contribution is -2.23. The first-order chi connectivity index (χ1) is 13.5. The minimum Gasteiger partial charge on any atom is -0.497 e. The fraction of sp³-hybridized carbons (Fsp3) is 0.150. The van der Waals surface area contributed by atoms with Crippen LogP contribution in [0.25, 0.3) is 10.9 Å². The van der Waals surface area contributed by atoms with Crippen molar-refractivity contribution in [3.8, 4) is 5.75 Å². The van der Waals surface area contributed by atoms with E-state index in [2.05, 4.69) is 16.9 Å². The number of anilines is 1. The molecule has 0 unspecified atom stereocenters. The van der Waals surface area contributed by atoms with Crippen LogP contribution in [0.5, 0.6) is 5.75 Å². The van der Waals surface area contributed by atoms with Gasteiger partial charge in [-0.3, -0.25) is 14.2 Å². The van der Waals surface area contributed by atoms with Gasteiger partial charge in [0.15, 0.2) is 5.16 Å². The van der Waals surface area contributed by atoms with Crippen molar-refractivity contribution in [1.82, 2.24) is 9.55 Å². The molecule has 28 heavy (non-hydrogen) atoms. The molecule has 6 nitrogen and oxygen atoms in total. The molecule has 0 fully saturated rings. The Morgan fingerprint density at radius 3 is 2.75 bits per heavy atom. The molecule has 3 rings (SSSR count). The second-order valence-electron chi connectivity index (χ2n) is 5.83. The summed E-state index contributed by atoms with van der Waals surface area (Å²) in [4.78, 5) is 29.6. The topological polar surface area (TPSA) is 73.2 Å². The monoisotopic (exact) mass is 415 g/mol. The highest BCUT2D eigenvalue weighted by Crippen LogP contribution is 2.21. The van der Waals surface area contributed by atoms with Gasteiger partial charge in [-0.1, -0.05) is 29.4 Å². The maximum absolute atomic E-state index is 12.8. The molecule has 1 amide bonds. The first-order valence-corrected chi connectivity index (χ1v) is 9.76. The van der Waals surface area contributed by atoms with Gasteiger partial charge in [-0.05, 0) is 42.5 Å². The number of carbonyl (C=O) groups excluding carboxylic acids is 1. The number of ether oxygens (including phenoxy) is 1. The van der Waals surface area contributed by atoms with E-state index in [0.717, 1.165) is 0 Å². The van der Waals surface area contributed by atoms with Crippen molar-refractivity contribution >= 4 is 45.9 Å². The average Bonchev–Trinajstić information content (AvgIpc) is 2.70. The summed E-state index contributed by atoms with van der Waals surface area (Å²) in [6, 6.07) is 12.0. The average molecular weight is 416 g/mol. The molecule has 0 spiro atoms. The molecule has 0 bridgehead atoms. The Morgan fingerprint density at radius 2 is 2.07 bits per heavy atom. The van der Waals surface area contributed by atoms with E-state index in [4.69, 9.17) is 16.3 Å². The van der Waals surface area contributed by atoms with Crippen LogP contribution in [0.4, 0.5) is 5.69 Å². The van der Waals surface area contributed by atoms with Gasteiger partial charge in [0, 0.05) is 17.3 Å². The summed E-state index contributed by atoms with van der Waals surface area (Å²) < 4.78 is 6.58. The second-order valence-corrected chi connectivity index (χ2v) is 7.20. The number of nitrogens with one attached hydrogen (secondary N) is 1. The van der Waals surface area contributed by atoms with Gasteiger partial charge in [0.05, 0.1) is 23.8 Å². The van der Waals surface area contributed by atoms with Gasteiger partial charge in [0.2, 0.25) is 5.91 Å². The Labute approximate surface area is 171 Å². The number of halogens is 1. The predicted molar refractivity (Wildman–Crippen MR) is 114 cm³/mol. The highest BCUT2D eigenvalue weighted by Gasteiger charge is 2.13. The molecule has 0 aliphatic carbocycles. The summed E-state index contributed by atoms with van der Waals surface area (Å²) in [5.41, 5.74) is 0.981. The van der Waals surface area contributed by atoms with Crippen molar-refractivity contribution in [2.75, 3.05) is 18.2 Å². The van der Waals surface area contributed by atoms with Gasteiger partial charge < -0.3 is 10.1 Å². The number of methoxy groups -OCH3 is 1. The number of allylic oxidation sites excluding steroid dienone is 1. The quantitative estimate of drug-likeness (QED) is 0.359. The number of rotatable bonds is 7. The normalized spacial score (nSPS) is 10.6. The van der Waals surface area contributed by atoms with E-state index < -0.39 is 0 Å². The summed E-state index contributed by atoms with van der Waals surface area (Å²) in [6.45, 7) is 3.98. The van der Waals surface area contributed by atoms with Crippen LogP contribution in [0, 0.1) is 0 Å². The Balaban J connectivity index is 1.79. The van der Waals surface area contributed by atoms with E-state index >= 15 is 0 Å². The van der Waals surface area contributed by atoms with Crippen molar-refractivity contribution in [3.05, 3.63) is 70.5 Å². The third-order valence-corrected chi connectivity index (χ3v) is 5.11. The van der Waals surface area contributed by atoms with Crippen molar-refractivity contribution in [3.63, 3.8) is 0 Å². The van der Waals surface area contributed by atoms with E-state index in [0.29, 0.717) is 32.5 Å². The molecule has 8 heteroatoms. The third kappa shape index (κ3) is 4.55. The summed E-state index contributed by atoms with van der Waals surface area (Å²) in [7, 11) is 1.58. The molecule has 144 valence electrons. The molecule has 2 aromatic carbocycles. The molecule has 0 aliphatic rings. The minimum absolute atomic E-state index is 0.106. The van der Waals surface area contributed by atoms with Gasteiger partial charge in [0.1, 0.15) is 5.75 Å². The smallest absolute Gasteiger partial charge is 0.262 e. The zero-order valence-electron chi connectivity index (χ0n) is 15.1. The first-order valence-electron chi connectivity index (χ1n) is 8.39. The summed E-state index contributed by atoms with van der Waals surface area (Å²) in [5.74, 6) is 0.612. The molecule has 1 N–H and O–H groups in total. The van der Waals surface area contributed by atoms with Crippen LogP contribution in [0.15, 0.2) is 65.1 Å². The van der Waals surface area contributed by atoms with Crippen LogP contribution >= 0.6 is 23.4 Å². The van der Waals surface area contributed by atoms with Crippen LogP contribution in [0.3, 0.4) is 0 Å². The molecular formula is C20H18ClN3O3S. The molecule has 1 heterocycles. The molecule has 0 radical (unpaired) electrons. The molecule has 0 saturated heterocycles. The van der Waals surface area contributed by atoms with Crippen LogP contribution < -0.4 is 15.6 Å². The maximum atomic E-state index is 12.8. The van der Waals surface area contributed by atoms with Crippen LogP contribution in [0.1, 0.15) is 0 Å². The van der Waals surface area contributed by atoms with Crippen LogP contribution in [-0.4, -0.2) is 28.3 Å². The number of hydrogen-bond acceptors (Lipinski definition) is 5. The van der Waals surface area contributed by atoms with Gasteiger partial charge in [-0.15, -0.1) is 6.58 Å². The number of hydrogen-bond donors (Lipinski definition) is 1. The van der Waals surface area contributed by atoms with E-state index in [-0.39, 0.29) is 23.8 Å². The fourth-order valence-corrected chi connectivity index (χ4v) is 3.56. The Kier molecular flexibility index (Phi) is 6.38. The van der Waals surface area contributed by atoms with Crippen molar-refractivity contribution < 1.29 is 9.53 Å². The number of carbonyl (C=O) groups is 1. The maximum Gasteiger partial charge on any atom is 0.262 e. The summed E-state index contributed by atoms with van der Waals surface area (Å²) >= 11 is 7.19. The number of fused-ring (bicyclic) bond motifs is 1. The standard InChI is InChI=1S/C20H18ClN3O3S/c1-3-10-24-19(26)16-11-13(21)4-9-17(16)23-20(24)28-12-18(25)22-14-5-7-15(27-2)8-6-14/h3-9,11H,1,10,12H2,2H3,(H,22,25). The lowest BCUT2D eigenvalue weighted by molar-refractivity contribution is -0.113. The first kappa shape index (κ1) is 20.0. The Bertz CT molecular complexity index is 1080. The molecule has 1 aromatic heterocycles. The predicted octanol–water partition coefficient (Wildman–Crippen LogP) is 3.98. The van der Waals surface area contributed by atoms with Gasteiger partial charge in [0.25, 0.3) is 5.56 Å². The third-order valence-electron chi connectivity index (χ3n) is 3.90. The number of nitrogens with zero attached hydrogens (tertiary/aromatic N) is 2. The number of aromatic nitrogens is 2. The number of benzene rings is 2. The lowest BCUT2D eigenvalue weighted by Gasteiger charge is -2.12. The second kappa shape index (κ2) is 8.95. The lowest BCUT2D eigenvalue weighted by atomic mass is 10.2. The molecule has 0 saturated carbocycles. The van der Waals surface area contributed by atoms with Crippen molar-refractivity contribution in [1.29, 1.82) is 0 Å². The van der Waals surface area contributed by atoms with Gasteiger partial charge in [-0.2, -0.15) is 0 Å². The number of amides is 1. The summed E-state index contributed by atoms with van der Waals surface area (Å²) in [5, 5.41) is 4.15. The van der Waals surface area contributed by atoms with E-state index in [1.807, 2.05) is 0 Å². The van der Waals surface area contributed by atoms with Gasteiger partial charge in [-0.25, -0.2) is 4.98 Å². The van der Waals surface area contributed by atoms with Gasteiger partial charge >= 0.3 is 0 Å². The molecule has 3 aromatic rings. The SMILES string of the molecule is C=CCn1c(SCC(=O)Nc2ccc(OC)cc2)nc2ccc(Cl)cc2c1=O.